The molecule has 0 aliphatic carbocycles. The fourth-order valence-corrected chi connectivity index (χ4v) is 2.56. The summed E-state index contributed by atoms with van der Waals surface area (Å²) < 4.78 is 1.86. The van der Waals surface area contributed by atoms with Crippen LogP contribution in [-0.4, -0.2) is 16.8 Å². The topological polar surface area (TPSA) is 29.9 Å². The lowest BCUT2D eigenvalue weighted by Crippen LogP contribution is -2.23. The zero-order valence-electron chi connectivity index (χ0n) is 11.3. The molecule has 1 aromatic heterocycles. The molecule has 0 saturated carbocycles. The Balaban J connectivity index is 2.30. The van der Waals surface area contributed by atoms with Crippen LogP contribution in [0.3, 0.4) is 0 Å². The average molecular weight is 243 g/mol. The Morgan fingerprint density at radius 1 is 1.22 bits per heavy atom. The van der Waals surface area contributed by atoms with Crippen LogP contribution in [0.2, 0.25) is 0 Å². The maximum Gasteiger partial charge on any atom is 0.0537 e. The molecular weight excluding hydrogens is 222 g/mol. The minimum Gasteiger partial charge on any atom is -0.312 e. The quantitative estimate of drug-likeness (QED) is 0.875. The first-order valence-electron chi connectivity index (χ1n) is 6.47. The van der Waals surface area contributed by atoms with Gasteiger partial charge in [-0.05, 0) is 19.0 Å². The lowest BCUT2D eigenvalue weighted by atomic mass is 9.86. The van der Waals surface area contributed by atoms with E-state index in [9.17, 15) is 0 Å². The van der Waals surface area contributed by atoms with E-state index in [1.165, 1.54) is 11.1 Å². The number of hydrogen-bond acceptors (Lipinski definition) is 2. The SMILES string of the molecule is CCC(c1ccccc1)C(NC)c1cnn(C)c1. The predicted octanol–water partition coefficient (Wildman–Crippen LogP) is 2.87. The van der Waals surface area contributed by atoms with E-state index in [4.69, 9.17) is 0 Å². The highest BCUT2D eigenvalue weighted by molar-refractivity contribution is 5.25. The third-order valence-corrected chi connectivity index (χ3v) is 3.46. The lowest BCUT2D eigenvalue weighted by molar-refractivity contribution is 0.468. The van der Waals surface area contributed by atoms with Gasteiger partial charge in [0, 0.05) is 30.8 Å². The Labute approximate surface area is 109 Å². The van der Waals surface area contributed by atoms with Gasteiger partial charge in [0.1, 0.15) is 0 Å². The number of likely N-dealkylation sites (N-methyl/N-ethyl adjacent to an activating group) is 1. The minimum atomic E-state index is 0.311. The van der Waals surface area contributed by atoms with Crippen LogP contribution in [0.15, 0.2) is 42.7 Å². The first-order chi connectivity index (χ1) is 8.76. The molecule has 0 aliphatic rings. The summed E-state index contributed by atoms with van der Waals surface area (Å²) >= 11 is 0. The van der Waals surface area contributed by atoms with E-state index in [1.807, 2.05) is 25.0 Å². The van der Waals surface area contributed by atoms with Crippen molar-refractivity contribution in [3.05, 3.63) is 53.9 Å². The number of aryl methyl sites for hydroxylation is 1. The van der Waals surface area contributed by atoms with Gasteiger partial charge in [0.25, 0.3) is 0 Å². The van der Waals surface area contributed by atoms with Crippen molar-refractivity contribution in [2.45, 2.75) is 25.3 Å². The van der Waals surface area contributed by atoms with Crippen molar-refractivity contribution < 1.29 is 0 Å². The molecule has 2 unspecified atom stereocenters. The summed E-state index contributed by atoms with van der Waals surface area (Å²) in [5, 5.41) is 7.70. The number of rotatable bonds is 5. The third kappa shape index (κ3) is 2.62. The van der Waals surface area contributed by atoms with Gasteiger partial charge in [0.05, 0.1) is 6.20 Å². The Hall–Kier alpha value is -1.61. The highest BCUT2D eigenvalue weighted by Gasteiger charge is 2.22. The van der Waals surface area contributed by atoms with Crippen molar-refractivity contribution in [3.63, 3.8) is 0 Å². The highest BCUT2D eigenvalue weighted by Crippen LogP contribution is 2.32. The van der Waals surface area contributed by atoms with Gasteiger partial charge in [-0.2, -0.15) is 5.10 Å². The van der Waals surface area contributed by atoms with Crippen molar-refractivity contribution in [1.29, 1.82) is 0 Å². The predicted molar refractivity (Wildman–Crippen MR) is 74.5 cm³/mol. The largest absolute Gasteiger partial charge is 0.312 e. The molecule has 2 rings (SSSR count). The molecule has 1 aromatic carbocycles. The number of benzene rings is 1. The molecule has 2 atom stereocenters. The summed E-state index contributed by atoms with van der Waals surface area (Å²) in [6, 6.07) is 11.0. The third-order valence-electron chi connectivity index (χ3n) is 3.46. The van der Waals surface area contributed by atoms with Crippen LogP contribution >= 0.6 is 0 Å². The molecule has 18 heavy (non-hydrogen) atoms. The zero-order chi connectivity index (χ0) is 13.0. The molecular formula is C15H21N3. The summed E-state index contributed by atoms with van der Waals surface area (Å²) in [6.45, 7) is 2.23. The summed E-state index contributed by atoms with van der Waals surface area (Å²) in [5.74, 6) is 0.473. The molecule has 0 aliphatic heterocycles. The van der Waals surface area contributed by atoms with Crippen LogP contribution in [0.5, 0.6) is 0 Å². The molecule has 96 valence electrons. The second kappa shape index (κ2) is 5.83. The van der Waals surface area contributed by atoms with Gasteiger partial charge in [-0.1, -0.05) is 37.3 Å². The van der Waals surface area contributed by atoms with E-state index in [2.05, 4.69) is 53.9 Å². The first-order valence-corrected chi connectivity index (χ1v) is 6.47. The van der Waals surface area contributed by atoms with Crippen molar-refractivity contribution in [2.24, 2.45) is 7.05 Å². The number of aromatic nitrogens is 2. The van der Waals surface area contributed by atoms with Gasteiger partial charge in [0.2, 0.25) is 0 Å². The van der Waals surface area contributed by atoms with Crippen molar-refractivity contribution >= 4 is 0 Å². The lowest BCUT2D eigenvalue weighted by Gasteiger charge is -2.25. The molecule has 3 heteroatoms. The van der Waals surface area contributed by atoms with Gasteiger partial charge in [-0.15, -0.1) is 0 Å². The summed E-state index contributed by atoms with van der Waals surface area (Å²) in [5.41, 5.74) is 2.62. The summed E-state index contributed by atoms with van der Waals surface area (Å²) in [7, 11) is 3.98. The van der Waals surface area contributed by atoms with Gasteiger partial charge >= 0.3 is 0 Å². The van der Waals surface area contributed by atoms with E-state index in [0.29, 0.717) is 12.0 Å². The maximum atomic E-state index is 4.27. The Morgan fingerprint density at radius 2 is 1.94 bits per heavy atom. The molecule has 0 spiro atoms. The number of nitrogens with zero attached hydrogens (tertiary/aromatic N) is 2. The second-order valence-corrected chi connectivity index (χ2v) is 4.64. The van der Waals surface area contributed by atoms with Crippen LogP contribution in [0.1, 0.15) is 36.4 Å². The van der Waals surface area contributed by atoms with Gasteiger partial charge < -0.3 is 5.32 Å². The fourth-order valence-electron chi connectivity index (χ4n) is 2.56. The minimum absolute atomic E-state index is 0.311. The van der Waals surface area contributed by atoms with Crippen LogP contribution in [0.4, 0.5) is 0 Å². The smallest absolute Gasteiger partial charge is 0.0537 e. The standard InChI is InChI=1S/C15H21N3/c1-4-14(12-8-6-5-7-9-12)15(16-2)13-10-17-18(3)11-13/h5-11,14-16H,4H2,1-3H3. The monoisotopic (exact) mass is 243 g/mol. The molecule has 0 amide bonds. The van der Waals surface area contributed by atoms with Gasteiger partial charge in [-0.3, -0.25) is 4.68 Å². The maximum absolute atomic E-state index is 4.27. The molecule has 1 N–H and O–H groups in total. The molecule has 3 nitrogen and oxygen atoms in total. The van der Waals surface area contributed by atoms with E-state index in [0.717, 1.165) is 6.42 Å². The van der Waals surface area contributed by atoms with E-state index < -0.39 is 0 Å². The highest BCUT2D eigenvalue weighted by atomic mass is 15.2. The second-order valence-electron chi connectivity index (χ2n) is 4.64. The first kappa shape index (κ1) is 12.8. The molecule has 0 saturated heterocycles. The number of nitrogens with one attached hydrogen (secondary N) is 1. The van der Waals surface area contributed by atoms with E-state index in [-0.39, 0.29) is 0 Å². The Morgan fingerprint density at radius 3 is 2.44 bits per heavy atom. The van der Waals surface area contributed by atoms with Crippen LogP contribution < -0.4 is 5.32 Å². The van der Waals surface area contributed by atoms with Gasteiger partial charge in [0.15, 0.2) is 0 Å². The fraction of sp³-hybridized carbons (Fsp3) is 0.400. The summed E-state index contributed by atoms with van der Waals surface area (Å²) in [4.78, 5) is 0. The molecule has 0 radical (unpaired) electrons. The zero-order valence-corrected chi connectivity index (χ0v) is 11.3. The average Bonchev–Trinajstić information content (AvgIpc) is 2.83. The van der Waals surface area contributed by atoms with Crippen molar-refractivity contribution in [2.75, 3.05) is 7.05 Å². The Bertz CT molecular complexity index is 475. The Kier molecular flexibility index (Phi) is 4.15. The number of hydrogen-bond donors (Lipinski definition) is 1. The molecule has 2 aromatic rings. The molecule has 0 fully saturated rings. The van der Waals surface area contributed by atoms with Gasteiger partial charge in [-0.25, -0.2) is 0 Å². The van der Waals surface area contributed by atoms with Crippen LogP contribution in [0.25, 0.3) is 0 Å². The van der Waals surface area contributed by atoms with Crippen LogP contribution in [0, 0.1) is 0 Å². The molecule has 1 heterocycles. The van der Waals surface area contributed by atoms with E-state index >= 15 is 0 Å². The normalized spacial score (nSPS) is 14.4. The van der Waals surface area contributed by atoms with Crippen molar-refractivity contribution in [1.82, 2.24) is 15.1 Å². The van der Waals surface area contributed by atoms with Crippen molar-refractivity contribution in [3.8, 4) is 0 Å². The molecule has 0 bridgehead atoms. The van der Waals surface area contributed by atoms with Crippen LogP contribution in [-0.2, 0) is 7.05 Å². The van der Waals surface area contributed by atoms with E-state index in [1.54, 1.807) is 0 Å². The summed E-state index contributed by atoms with van der Waals surface area (Å²) in [6.07, 6.45) is 5.14.